The number of hydrogen-bond donors (Lipinski definition) is 0. The van der Waals surface area contributed by atoms with Crippen LogP contribution in [-0.4, -0.2) is 35.9 Å². The van der Waals surface area contributed by atoms with E-state index in [0.29, 0.717) is 32.6 Å². The first-order valence-corrected chi connectivity index (χ1v) is 9.23. The van der Waals surface area contributed by atoms with Crippen LogP contribution in [0.1, 0.15) is 5.56 Å². The molecule has 0 bridgehead atoms. The van der Waals surface area contributed by atoms with Gasteiger partial charge in [0.05, 0.1) is 25.9 Å². The molecule has 2 aromatic carbocycles. The summed E-state index contributed by atoms with van der Waals surface area (Å²) >= 11 is 1.28. The molecule has 142 valence electrons. The number of thiazole rings is 1. The van der Waals surface area contributed by atoms with E-state index in [0.717, 1.165) is 11.1 Å². The Morgan fingerprint density at radius 3 is 2.25 bits per heavy atom. The van der Waals surface area contributed by atoms with Crippen LogP contribution in [0.15, 0.2) is 47.3 Å². The highest BCUT2D eigenvalue weighted by Gasteiger charge is 2.14. The van der Waals surface area contributed by atoms with Crippen LogP contribution in [0.25, 0.3) is 22.4 Å². The van der Waals surface area contributed by atoms with Gasteiger partial charge in [0.2, 0.25) is 10.7 Å². The van der Waals surface area contributed by atoms with E-state index in [9.17, 15) is 4.79 Å². The second-order valence-corrected chi connectivity index (χ2v) is 6.88. The molecule has 0 aliphatic rings. The summed E-state index contributed by atoms with van der Waals surface area (Å²) in [4.78, 5) is 17.8. The molecule has 0 atom stereocenters. The molecule has 0 saturated heterocycles. The van der Waals surface area contributed by atoms with Gasteiger partial charge < -0.3 is 14.2 Å². The molecule has 2 aromatic heterocycles. The van der Waals surface area contributed by atoms with Gasteiger partial charge in [-0.25, -0.2) is 0 Å². The van der Waals surface area contributed by atoms with E-state index in [1.807, 2.05) is 30.3 Å². The Balaban J connectivity index is 1.81. The highest BCUT2D eigenvalue weighted by atomic mass is 32.1. The second kappa shape index (κ2) is 7.32. The lowest BCUT2D eigenvalue weighted by molar-refractivity contribution is 0.324. The maximum absolute atomic E-state index is 12.8. The fourth-order valence-electron chi connectivity index (χ4n) is 2.88. The van der Waals surface area contributed by atoms with Gasteiger partial charge in [-0.15, -0.1) is 5.10 Å². The average molecular weight is 395 g/mol. The predicted molar refractivity (Wildman–Crippen MR) is 107 cm³/mol. The average Bonchev–Trinajstić information content (AvgIpc) is 3.27. The molecular formula is C20H17N3O4S. The molecule has 8 heteroatoms. The smallest absolute Gasteiger partial charge is 0.291 e. The van der Waals surface area contributed by atoms with E-state index in [1.54, 1.807) is 39.5 Å². The van der Waals surface area contributed by atoms with Crippen LogP contribution >= 0.6 is 11.3 Å². The number of hydrogen-bond acceptors (Lipinski definition) is 7. The Labute approximate surface area is 164 Å². The molecule has 4 aromatic rings. The summed E-state index contributed by atoms with van der Waals surface area (Å²) < 4.78 is 17.9. The third-order valence-electron chi connectivity index (χ3n) is 4.20. The van der Waals surface area contributed by atoms with Crippen LogP contribution in [0.2, 0.25) is 0 Å². The molecule has 0 N–H and O–H groups in total. The topological polar surface area (TPSA) is 75.0 Å². The minimum absolute atomic E-state index is 0.219. The lowest BCUT2D eigenvalue weighted by Crippen LogP contribution is -2.23. The van der Waals surface area contributed by atoms with Gasteiger partial charge in [-0.1, -0.05) is 41.7 Å². The third kappa shape index (κ3) is 3.07. The summed E-state index contributed by atoms with van der Waals surface area (Å²) in [5, 5.41) is 4.35. The molecule has 28 heavy (non-hydrogen) atoms. The standard InChI is InChI=1S/C20H17N3O4S/c1-25-14-9-12(10-15(26-2)17(14)27-3)11-16-19(24)23-20(28-16)21-18(22-23)13-7-5-4-6-8-13/h4-11H,1-3H3/b16-11-. The first kappa shape index (κ1) is 18.0. The summed E-state index contributed by atoms with van der Waals surface area (Å²) in [6, 6.07) is 13.1. The number of aromatic nitrogens is 3. The van der Waals surface area contributed by atoms with E-state index in [4.69, 9.17) is 14.2 Å². The predicted octanol–water partition coefficient (Wildman–Crippen LogP) is 2.39. The molecule has 0 radical (unpaired) electrons. The van der Waals surface area contributed by atoms with Crippen LogP contribution in [0.5, 0.6) is 17.2 Å². The fraction of sp³-hybridized carbons (Fsp3) is 0.150. The Hall–Kier alpha value is -3.39. The summed E-state index contributed by atoms with van der Waals surface area (Å²) in [5.74, 6) is 2.07. The molecule has 0 aliphatic heterocycles. The van der Waals surface area contributed by atoms with Crippen LogP contribution < -0.4 is 24.3 Å². The first-order valence-electron chi connectivity index (χ1n) is 8.41. The Morgan fingerprint density at radius 1 is 1.00 bits per heavy atom. The Kier molecular flexibility index (Phi) is 4.70. The highest BCUT2D eigenvalue weighted by molar-refractivity contribution is 7.15. The highest BCUT2D eigenvalue weighted by Crippen LogP contribution is 2.38. The minimum atomic E-state index is -0.219. The quantitative estimate of drug-likeness (QED) is 0.517. The van der Waals surface area contributed by atoms with Crippen LogP contribution in [0.4, 0.5) is 0 Å². The Bertz CT molecular complexity index is 1220. The van der Waals surface area contributed by atoms with Gasteiger partial charge >= 0.3 is 0 Å². The van der Waals surface area contributed by atoms with Gasteiger partial charge in [-0.2, -0.15) is 9.50 Å². The Morgan fingerprint density at radius 2 is 1.68 bits per heavy atom. The van der Waals surface area contributed by atoms with Crippen molar-refractivity contribution in [3.8, 4) is 28.6 Å². The van der Waals surface area contributed by atoms with Gasteiger partial charge in [0.25, 0.3) is 5.56 Å². The minimum Gasteiger partial charge on any atom is -0.493 e. The number of benzene rings is 2. The SMILES string of the molecule is COc1cc(/C=c2\sc3nc(-c4ccccc4)nn3c2=O)cc(OC)c1OC. The van der Waals surface area contributed by atoms with E-state index in [2.05, 4.69) is 10.1 Å². The lowest BCUT2D eigenvalue weighted by Gasteiger charge is -2.12. The largest absolute Gasteiger partial charge is 0.493 e. The zero-order valence-corrected chi connectivity index (χ0v) is 16.3. The monoisotopic (exact) mass is 395 g/mol. The molecule has 0 spiro atoms. The number of methoxy groups -OCH3 is 3. The zero-order chi connectivity index (χ0) is 19.7. The van der Waals surface area contributed by atoms with Crippen LogP contribution in [0, 0.1) is 0 Å². The van der Waals surface area contributed by atoms with E-state index in [1.165, 1.54) is 15.9 Å². The van der Waals surface area contributed by atoms with Crippen molar-refractivity contribution in [3.05, 3.63) is 62.9 Å². The normalized spacial score (nSPS) is 11.8. The van der Waals surface area contributed by atoms with Crippen LogP contribution in [-0.2, 0) is 0 Å². The molecule has 0 saturated carbocycles. The van der Waals surface area contributed by atoms with Crippen molar-refractivity contribution >= 4 is 22.4 Å². The van der Waals surface area contributed by atoms with Crippen molar-refractivity contribution in [2.75, 3.05) is 21.3 Å². The zero-order valence-electron chi connectivity index (χ0n) is 15.5. The van der Waals surface area contributed by atoms with Crippen LogP contribution in [0.3, 0.4) is 0 Å². The summed E-state index contributed by atoms with van der Waals surface area (Å²) in [6.45, 7) is 0. The lowest BCUT2D eigenvalue weighted by atomic mass is 10.1. The molecule has 0 fully saturated rings. The van der Waals surface area contributed by atoms with Crippen molar-refractivity contribution in [1.82, 2.24) is 14.6 Å². The molecule has 0 unspecified atom stereocenters. The molecule has 4 rings (SSSR count). The van der Waals surface area contributed by atoms with Crippen molar-refractivity contribution in [1.29, 1.82) is 0 Å². The van der Waals surface area contributed by atoms with Gasteiger partial charge in [-0.05, 0) is 23.8 Å². The molecule has 0 aliphatic carbocycles. The maximum atomic E-state index is 12.8. The summed E-state index contributed by atoms with van der Waals surface area (Å²) in [6.07, 6.45) is 1.76. The number of rotatable bonds is 5. The van der Waals surface area contributed by atoms with E-state index >= 15 is 0 Å². The molecular weight excluding hydrogens is 378 g/mol. The first-order chi connectivity index (χ1) is 13.6. The third-order valence-corrected chi connectivity index (χ3v) is 5.16. The second-order valence-electron chi connectivity index (χ2n) is 5.87. The number of fused-ring (bicyclic) bond motifs is 1. The van der Waals surface area contributed by atoms with Crippen molar-refractivity contribution in [3.63, 3.8) is 0 Å². The van der Waals surface area contributed by atoms with Gasteiger partial charge in [0.1, 0.15) is 0 Å². The van der Waals surface area contributed by atoms with Crippen molar-refractivity contribution < 1.29 is 14.2 Å². The summed E-state index contributed by atoms with van der Waals surface area (Å²) in [5.41, 5.74) is 1.40. The maximum Gasteiger partial charge on any atom is 0.291 e. The molecule has 7 nitrogen and oxygen atoms in total. The van der Waals surface area contributed by atoms with Gasteiger partial charge in [0, 0.05) is 5.56 Å². The van der Waals surface area contributed by atoms with E-state index in [-0.39, 0.29) is 5.56 Å². The molecule has 0 amide bonds. The fourth-order valence-corrected chi connectivity index (χ4v) is 3.79. The van der Waals surface area contributed by atoms with Crippen molar-refractivity contribution in [2.24, 2.45) is 0 Å². The van der Waals surface area contributed by atoms with E-state index < -0.39 is 0 Å². The molecule has 2 heterocycles. The van der Waals surface area contributed by atoms with Gasteiger partial charge in [-0.3, -0.25) is 4.79 Å². The number of nitrogens with zero attached hydrogens (tertiary/aromatic N) is 3. The summed E-state index contributed by atoms with van der Waals surface area (Å²) in [7, 11) is 4.65. The van der Waals surface area contributed by atoms with Crippen molar-refractivity contribution in [2.45, 2.75) is 0 Å². The van der Waals surface area contributed by atoms with Gasteiger partial charge in [0.15, 0.2) is 17.3 Å². The number of ether oxygens (including phenoxy) is 3.